The Morgan fingerprint density at radius 3 is 2.70 bits per heavy atom. The van der Waals surface area contributed by atoms with Crippen LogP contribution in [0.4, 0.5) is 0 Å². The fourth-order valence-corrected chi connectivity index (χ4v) is 2.73. The van der Waals surface area contributed by atoms with E-state index in [0.717, 1.165) is 57.9 Å². The van der Waals surface area contributed by atoms with Crippen LogP contribution in [0.1, 0.15) is 25.3 Å². The predicted octanol–water partition coefficient (Wildman–Crippen LogP) is 1.43. The van der Waals surface area contributed by atoms with E-state index in [1.165, 1.54) is 5.56 Å². The molecule has 0 atom stereocenters. The average molecular weight is 319 g/mol. The second-order valence-corrected chi connectivity index (χ2v) is 5.87. The summed E-state index contributed by atoms with van der Waals surface area (Å²) in [5.74, 6) is 1.02. The maximum atomic E-state index is 11.9. The molecule has 5 nitrogen and oxygen atoms in total. The highest BCUT2D eigenvalue weighted by molar-refractivity contribution is 5.76. The Morgan fingerprint density at radius 1 is 1.26 bits per heavy atom. The number of amides is 1. The lowest BCUT2D eigenvalue weighted by Gasteiger charge is -2.27. The number of nitrogens with one attached hydrogen (secondary N) is 2. The molecular formula is C18H29N3O2. The van der Waals surface area contributed by atoms with Gasteiger partial charge in [-0.05, 0) is 44.0 Å². The Bertz CT molecular complexity index is 456. The molecule has 2 N–H and O–H groups in total. The molecule has 0 aliphatic carbocycles. The van der Waals surface area contributed by atoms with Crippen LogP contribution < -0.4 is 15.4 Å². The lowest BCUT2D eigenvalue weighted by Crippen LogP contribution is -2.44. The quantitative estimate of drug-likeness (QED) is 0.676. The molecule has 1 aromatic carbocycles. The summed E-state index contributed by atoms with van der Waals surface area (Å²) in [5, 5.41) is 6.37. The van der Waals surface area contributed by atoms with Gasteiger partial charge in [-0.3, -0.25) is 4.79 Å². The highest BCUT2D eigenvalue weighted by Crippen LogP contribution is 2.13. The summed E-state index contributed by atoms with van der Waals surface area (Å²) in [7, 11) is 0. The van der Waals surface area contributed by atoms with Gasteiger partial charge in [0.05, 0.1) is 6.61 Å². The lowest BCUT2D eigenvalue weighted by atomic mass is 10.1. The highest BCUT2D eigenvalue weighted by atomic mass is 16.5. The molecule has 1 heterocycles. The van der Waals surface area contributed by atoms with Crippen molar-refractivity contribution < 1.29 is 9.53 Å². The van der Waals surface area contributed by atoms with Gasteiger partial charge < -0.3 is 20.3 Å². The van der Waals surface area contributed by atoms with Gasteiger partial charge in [0.15, 0.2) is 0 Å². The Kier molecular flexibility index (Phi) is 7.90. The number of aryl methyl sites for hydroxylation is 1. The molecule has 1 aliphatic heterocycles. The number of ether oxygens (including phenoxy) is 1. The zero-order valence-corrected chi connectivity index (χ0v) is 14.1. The van der Waals surface area contributed by atoms with Crippen LogP contribution in [0.5, 0.6) is 5.75 Å². The third kappa shape index (κ3) is 7.01. The van der Waals surface area contributed by atoms with E-state index in [9.17, 15) is 4.79 Å². The second kappa shape index (κ2) is 10.2. The standard InChI is InChI=1S/C18H29N3O2/c1-2-23-17-7-4-16(5-8-17)6-9-18(22)20-10-3-13-21-14-11-19-12-15-21/h4-5,7-8,19H,2-3,6,9-15H2,1H3,(H,20,22). The van der Waals surface area contributed by atoms with E-state index < -0.39 is 0 Å². The fraction of sp³-hybridized carbons (Fsp3) is 0.611. The van der Waals surface area contributed by atoms with E-state index in [1.54, 1.807) is 0 Å². The summed E-state index contributed by atoms with van der Waals surface area (Å²) >= 11 is 0. The van der Waals surface area contributed by atoms with E-state index in [2.05, 4.69) is 15.5 Å². The molecule has 0 radical (unpaired) electrons. The number of hydrogen-bond acceptors (Lipinski definition) is 4. The molecule has 1 amide bonds. The average Bonchev–Trinajstić information content (AvgIpc) is 2.59. The molecule has 1 saturated heterocycles. The summed E-state index contributed by atoms with van der Waals surface area (Å²) in [6.45, 7) is 8.88. The highest BCUT2D eigenvalue weighted by Gasteiger charge is 2.08. The van der Waals surface area contributed by atoms with Gasteiger partial charge >= 0.3 is 0 Å². The molecule has 0 aromatic heterocycles. The van der Waals surface area contributed by atoms with Crippen LogP contribution in [-0.2, 0) is 11.2 Å². The van der Waals surface area contributed by atoms with Crippen molar-refractivity contribution in [3.63, 3.8) is 0 Å². The number of carbonyl (C=O) groups excluding carboxylic acids is 1. The van der Waals surface area contributed by atoms with Crippen LogP contribution in [0.2, 0.25) is 0 Å². The molecule has 1 aliphatic rings. The molecule has 0 saturated carbocycles. The van der Waals surface area contributed by atoms with Crippen molar-refractivity contribution >= 4 is 5.91 Å². The lowest BCUT2D eigenvalue weighted by molar-refractivity contribution is -0.121. The first-order valence-corrected chi connectivity index (χ1v) is 8.69. The van der Waals surface area contributed by atoms with Crippen molar-refractivity contribution in [2.45, 2.75) is 26.2 Å². The Hall–Kier alpha value is -1.59. The van der Waals surface area contributed by atoms with Crippen LogP contribution >= 0.6 is 0 Å². The second-order valence-electron chi connectivity index (χ2n) is 5.87. The molecule has 1 fully saturated rings. The van der Waals surface area contributed by atoms with E-state index in [4.69, 9.17) is 4.74 Å². The maximum Gasteiger partial charge on any atom is 0.220 e. The van der Waals surface area contributed by atoms with E-state index >= 15 is 0 Å². The minimum Gasteiger partial charge on any atom is -0.494 e. The number of nitrogens with zero attached hydrogens (tertiary/aromatic N) is 1. The van der Waals surface area contributed by atoms with Gasteiger partial charge in [-0.1, -0.05) is 12.1 Å². The molecule has 128 valence electrons. The summed E-state index contributed by atoms with van der Waals surface area (Å²) in [6.07, 6.45) is 2.34. The van der Waals surface area contributed by atoms with Gasteiger partial charge in [0.2, 0.25) is 5.91 Å². The van der Waals surface area contributed by atoms with Gasteiger partial charge in [-0.25, -0.2) is 0 Å². The van der Waals surface area contributed by atoms with Crippen molar-refractivity contribution in [2.75, 3.05) is 45.9 Å². The van der Waals surface area contributed by atoms with Crippen molar-refractivity contribution in [1.29, 1.82) is 0 Å². The first-order valence-electron chi connectivity index (χ1n) is 8.69. The Balaban J connectivity index is 1.55. The first kappa shape index (κ1) is 17.8. The van der Waals surface area contributed by atoms with Crippen LogP contribution in [-0.4, -0.2) is 56.7 Å². The van der Waals surface area contributed by atoms with Gasteiger partial charge in [0.25, 0.3) is 0 Å². The minimum atomic E-state index is 0.138. The number of hydrogen-bond donors (Lipinski definition) is 2. The number of piperazine rings is 1. The van der Waals surface area contributed by atoms with Crippen molar-refractivity contribution in [3.05, 3.63) is 29.8 Å². The Labute approximate surface area is 139 Å². The topological polar surface area (TPSA) is 53.6 Å². The molecule has 1 aromatic rings. The molecule has 2 rings (SSSR count). The monoisotopic (exact) mass is 319 g/mol. The molecule has 0 spiro atoms. The predicted molar refractivity (Wildman–Crippen MR) is 92.9 cm³/mol. The minimum absolute atomic E-state index is 0.138. The number of benzene rings is 1. The van der Waals surface area contributed by atoms with Crippen LogP contribution in [0, 0.1) is 0 Å². The summed E-state index contributed by atoms with van der Waals surface area (Å²) in [5.41, 5.74) is 1.17. The summed E-state index contributed by atoms with van der Waals surface area (Å²) < 4.78 is 5.41. The van der Waals surface area contributed by atoms with Crippen molar-refractivity contribution in [3.8, 4) is 5.75 Å². The Morgan fingerprint density at radius 2 is 2.00 bits per heavy atom. The molecule has 5 heteroatoms. The number of carbonyl (C=O) groups is 1. The maximum absolute atomic E-state index is 11.9. The zero-order chi connectivity index (χ0) is 16.3. The van der Waals surface area contributed by atoms with Gasteiger partial charge in [0, 0.05) is 39.1 Å². The van der Waals surface area contributed by atoms with E-state index in [1.807, 2.05) is 31.2 Å². The van der Waals surface area contributed by atoms with Crippen LogP contribution in [0.25, 0.3) is 0 Å². The molecular weight excluding hydrogens is 290 g/mol. The van der Waals surface area contributed by atoms with Crippen molar-refractivity contribution in [1.82, 2.24) is 15.5 Å². The van der Waals surface area contributed by atoms with Gasteiger partial charge in [-0.2, -0.15) is 0 Å². The van der Waals surface area contributed by atoms with E-state index in [0.29, 0.717) is 13.0 Å². The third-order valence-corrected chi connectivity index (χ3v) is 4.06. The van der Waals surface area contributed by atoms with Gasteiger partial charge in [0.1, 0.15) is 5.75 Å². The summed E-state index contributed by atoms with van der Waals surface area (Å²) in [6, 6.07) is 7.99. The zero-order valence-electron chi connectivity index (χ0n) is 14.1. The fourth-order valence-electron chi connectivity index (χ4n) is 2.73. The smallest absolute Gasteiger partial charge is 0.220 e. The summed E-state index contributed by atoms with van der Waals surface area (Å²) in [4.78, 5) is 14.3. The molecule has 23 heavy (non-hydrogen) atoms. The molecule has 0 bridgehead atoms. The van der Waals surface area contributed by atoms with Crippen LogP contribution in [0.3, 0.4) is 0 Å². The third-order valence-electron chi connectivity index (χ3n) is 4.06. The normalized spacial score (nSPS) is 15.3. The van der Waals surface area contributed by atoms with Crippen molar-refractivity contribution in [2.24, 2.45) is 0 Å². The largest absolute Gasteiger partial charge is 0.494 e. The molecule has 0 unspecified atom stereocenters. The number of rotatable bonds is 9. The van der Waals surface area contributed by atoms with Gasteiger partial charge in [-0.15, -0.1) is 0 Å². The SMILES string of the molecule is CCOc1ccc(CCC(=O)NCCCN2CCNCC2)cc1. The van der Waals surface area contributed by atoms with E-state index in [-0.39, 0.29) is 5.91 Å². The first-order chi connectivity index (χ1) is 11.3. The van der Waals surface area contributed by atoms with Crippen LogP contribution in [0.15, 0.2) is 24.3 Å².